The van der Waals surface area contributed by atoms with E-state index in [0.717, 1.165) is 6.29 Å². The van der Waals surface area contributed by atoms with Crippen LogP contribution in [-0.4, -0.2) is 43.7 Å². The third-order valence-electron chi connectivity index (χ3n) is 0.990. The molecule has 2 N–H and O–H groups in total. The van der Waals surface area contributed by atoms with Crippen LogP contribution in [0, 0.1) is 5.92 Å². The van der Waals surface area contributed by atoms with E-state index in [0.29, 0.717) is 0 Å². The van der Waals surface area contributed by atoms with Gasteiger partial charge in [0.05, 0.1) is 17.4 Å². The average molecular weight is 231 g/mol. The lowest BCUT2D eigenvalue weighted by Gasteiger charge is -2.03. The highest BCUT2D eigenvalue weighted by molar-refractivity contribution is 7.86. The van der Waals surface area contributed by atoms with Gasteiger partial charge in [0.25, 0.3) is 20.2 Å². The Bertz CT molecular complexity index is 329. The van der Waals surface area contributed by atoms with Crippen LogP contribution in [0.4, 0.5) is 0 Å². The maximum Gasteiger partial charge on any atom is 0.265 e. The number of rotatable bonds is 5. The molecule has 0 rings (SSSR count). The molecule has 0 aromatic heterocycles. The predicted octanol–water partition coefficient (Wildman–Crippen LogP) is -1.51. The summed E-state index contributed by atoms with van der Waals surface area (Å²) < 4.78 is 57.2. The van der Waals surface area contributed by atoms with Gasteiger partial charge in [-0.05, 0) is 0 Å². The first-order chi connectivity index (χ1) is 5.64. The fourth-order valence-corrected chi connectivity index (χ4v) is 2.16. The standard InChI is InChI=1S/C4H7O7S2/c5-1-4(2-12(6,7)8)3-13(9,10)11/h4H,2-3H2,(H,6,7,8)(H,9,10,11). The lowest BCUT2D eigenvalue weighted by Crippen LogP contribution is -2.24. The fourth-order valence-electron chi connectivity index (χ4n) is 0.625. The van der Waals surface area contributed by atoms with Crippen molar-refractivity contribution < 1.29 is 30.7 Å². The van der Waals surface area contributed by atoms with Crippen molar-refractivity contribution in [2.45, 2.75) is 0 Å². The van der Waals surface area contributed by atoms with Gasteiger partial charge in [-0.2, -0.15) is 16.8 Å². The van der Waals surface area contributed by atoms with Gasteiger partial charge in [0, 0.05) is 0 Å². The third-order valence-corrected chi connectivity index (χ3v) is 2.64. The van der Waals surface area contributed by atoms with E-state index in [2.05, 4.69) is 0 Å². The lowest BCUT2D eigenvalue weighted by atomic mass is 10.2. The van der Waals surface area contributed by atoms with Crippen molar-refractivity contribution in [1.29, 1.82) is 0 Å². The second-order valence-electron chi connectivity index (χ2n) is 2.31. The van der Waals surface area contributed by atoms with Crippen molar-refractivity contribution in [3.8, 4) is 0 Å². The van der Waals surface area contributed by atoms with Crippen LogP contribution in [0.15, 0.2) is 0 Å². The molecule has 0 spiro atoms. The topological polar surface area (TPSA) is 126 Å². The Kier molecular flexibility index (Phi) is 3.97. The third kappa shape index (κ3) is 7.84. The molecule has 13 heavy (non-hydrogen) atoms. The molecule has 0 aromatic carbocycles. The lowest BCUT2D eigenvalue weighted by molar-refractivity contribution is 0.463. The van der Waals surface area contributed by atoms with E-state index in [1.165, 1.54) is 0 Å². The Morgan fingerprint density at radius 3 is 1.46 bits per heavy atom. The van der Waals surface area contributed by atoms with Crippen molar-refractivity contribution >= 4 is 26.5 Å². The molecule has 0 aliphatic heterocycles. The van der Waals surface area contributed by atoms with Gasteiger partial charge in [-0.15, -0.1) is 0 Å². The zero-order valence-electron chi connectivity index (χ0n) is 6.24. The first-order valence-electron chi connectivity index (χ1n) is 2.92. The smallest absolute Gasteiger partial charge is 0.265 e. The Hall–Kier alpha value is -0.510. The average Bonchev–Trinajstić information content (AvgIpc) is 1.79. The minimum Gasteiger partial charge on any atom is -0.290 e. The Balaban J connectivity index is 4.48. The summed E-state index contributed by atoms with van der Waals surface area (Å²) >= 11 is 0. The molecule has 77 valence electrons. The van der Waals surface area contributed by atoms with Gasteiger partial charge in [0.2, 0.25) is 6.29 Å². The molecule has 0 aromatic rings. The molecular formula is C4H7O7S2. The van der Waals surface area contributed by atoms with Crippen molar-refractivity contribution in [3.05, 3.63) is 0 Å². The van der Waals surface area contributed by atoms with Crippen LogP contribution in [0.25, 0.3) is 0 Å². The predicted molar refractivity (Wildman–Crippen MR) is 42.0 cm³/mol. The molecule has 0 aliphatic carbocycles. The van der Waals surface area contributed by atoms with Gasteiger partial charge in [0.15, 0.2) is 0 Å². The van der Waals surface area contributed by atoms with Crippen LogP contribution in [0.2, 0.25) is 0 Å². The molecule has 0 saturated carbocycles. The van der Waals surface area contributed by atoms with Crippen LogP contribution in [0.1, 0.15) is 0 Å². The highest BCUT2D eigenvalue weighted by atomic mass is 32.2. The minimum atomic E-state index is -4.45. The Morgan fingerprint density at radius 1 is 1.00 bits per heavy atom. The summed E-state index contributed by atoms with van der Waals surface area (Å²) in [6.07, 6.45) is 1.09. The van der Waals surface area contributed by atoms with Crippen LogP contribution < -0.4 is 0 Å². The molecule has 0 atom stereocenters. The molecule has 0 saturated heterocycles. The minimum absolute atomic E-state index is 1.07. The summed E-state index contributed by atoms with van der Waals surface area (Å²) in [6.45, 7) is 0. The van der Waals surface area contributed by atoms with Crippen molar-refractivity contribution in [2.75, 3.05) is 11.5 Å². The van der Waals surface area contributed by atoms with Crippen molar-refractivity contribution in [1.82, 2.24) is 0 Å². The molecule has 9 heteroatoms. The summed E-state index contributed by atoms with van der Waals surface area (Å²) in [7, 11) is -8.89. The van der Waals surface area contributed by atoms with E-state index >= 15 is 0 Å². The van der Waals surface area contributed by atoms with E-state index in [-0.39, 0.29) is 0 Å². The number of hydrogen-bond acceptors (Lipinski definition) is 5. The van der Waals surface area contributed by atoms with Crippen molar-refractivity contribution in [2.24, 2.45) is 5.92 Å². The molecule has 0 fully saturated rings. The van der Waals surface area contributed by atoms with Gasteiger partial charge in [-0.1, -0.05) is 0 Å². The van der Waals surface area contributed by atoms with E-state index in [9.17, 15) is 21.6 Å². The van der Waals surface area contributed by atoms with Crippen LogP contribution >= 0.6 is 0 Å². The molecule has 7 nitrogen and oxygen atoms in total. The summed E-state index contributed by atoms with van der Waals surface area (Å²) in [5.74, 6) is -3.72. The largest absolute Gasteiger partial charge is 0.290 e. The summed E-state index contributed by atoms with van der Waals surface area (Å²) in [5.41, 5.74) is 0. The Morgan fingerprint density at radius 2 is 1.31 bits per heavy atom. The molecule has 0 heterocycles. The SMILES string of the molecule is O=[C]C(CS(=O)(=O)O)CS(=O)(=O)O. The summed E-state index contributed by atoms with van der Waals surface area (Å²) in [5, 5.41) is 0. The first kappa shape index (κ1) is 12.5. The van der Waals surface area contributed by atoms with E-state index in [4.69, 9.17) is 9.11 Å². The first-order valence-corrected chi connectivity index (χ1v) is 6.14. The maximum atomic E-state index is 10.2. The van der Waals surface area contributed by atoms with Gasteiger partial charge in [-0.3, -0.25) is 13.9 Å². The normalized spacial score (nSPS) is 13.2. The molecule has 0 aliphatic rings. The van der Waals surface area contributed by atoms with Gasteiger partial charge in [0.1, 0.15) is 0 Å². The monoisotopic (exact) mass is 231 g/mol. The van der Waals surface area contributed by atoms with E-state index in [1.54, 1.807) is 0 Å². The van der Waals surface area contributed by atoms with Crippen LogP contribution in [0.3, 0.4) is 0 Å². The zero-order valence-corrected chi connectivity index (χ0v) is 7.88. The summed E-state index contributed by atoms with van der Waals surface area (Å²) in [6, 6.07) is 0. The second kappa shape index (κ2) is 4.13. The fraction of sp³-hybridized carbons (Fsp3) is 0.750. The maximum absolute atomic E-state index is 10.2. The van der Waals surface area contributed by atoms with Gasteiger partial charge >= 0.3 is 0 Å². The van der Waals surface area contributed by atoms with Crippen molar-refractivity contribution in [3.63, 3.8) is 0 Å². The molecular weight excluding hydrogens is 224 g/mol. The highest BCUT2D eigenvalue weighted by Crippen LogP contribution is 2.01. The van der Waals surface area contributed by atoms with Crippen LogP contribution in [-0.2, 0) is 25.0 Å². The number of hydrogen-bond donors (Lipinski definition) is 2. The van der Waals surface area contributed by atoms with Gasteiger partial charge in [-0.25, -0.2) is 0 Å². The molecule has 0 unspecified atom stereocenters. The quantitative estimate of drug-likeness (QED) is 0.550. The summed E-state index contributed by atoms with van der Waals surface area (Å²) in [4.78, 5) is 9.98. The second-order valence-corrected chi connectivity index (χ2v) is 5.31. The zero-order chi connectivity index (χ0) is 10.7. The van der Waals surface area contributed by atoms with Gasteiger partial charge < -0.3 is 0 Å². The number of carbonyl (C=O) groups excluding carboxylic acids is 1. The molecule has 0 amide bonds. The molecule has 1 radical (unpaired) electrons. The Labute approximate surface area is 75.3 Å². The highest BCUT2D eigenvalue weighted by Gasteiger charge is 2.22. The van der Waals surface area contributed by atoms with Crippen LogP contribution in [0.5, 0.6) is 0 Å². The van der Waals surface area contributed by atoms with E-state index < -0.39 is 37.7 Å². The molecule has 0 bridgehead atoms. The van der Waals surface area contributed by atoms with E-state index in [1.807, 2.05) is 0 Å².